The number of benzene rings is 2. The highest BCUT2D eigenvalue weighted by Crippen LogP contribution is 2.32. The van der Waals surface area contributed by atoms with Crippen LogP contribution >= 0.6 is 45.9 Å². The molecule has 46 heavy (non-hydrogen) atoms. The lowest BCUT2D eigenvalue weighted by Gasteiger charge is -2.37. The molecule has 0 bridgehead atoms. The van der Waals surface area contributed by atoms with E-state index in [2.05, 4.69) is 0 Å². The maximum Gasteiger partial charge on any atom is 0.446 e. The van der Waals surface area contributed by atoms with Crippen molar-refractivity contribution in [2.75, 3.05) is 54.1 Å². The number of nitrogens with zero attached hydrogens (tertiary/aromatic N) is 3. The highest BCUT2D eigenvalue weighted by atomic mass is 35.5. The van der Waals surface area contributed by atoms with E-state index in [1.807, 2.05) is 6.07 Å². The summed E-state index contributed by atoms with van der Waals surface area (Å²) in [4.78, 5) is 22.4. The molecule has 2 aromatic heterocycles. The van der Waals surface area contributed by atoms with Crippen LogP contribution in [-0.4, -0.2) is 73.4 Å². The number of carbonyl (C=O) groups is 2. The Morgan fingerprint density at radius 1 is 0.848 bits per heavy atom. The zero-order valence-corrected chi connectivity index (χ0v) is 27.7. The molecule has 0 spiro atoms. The smallest absolute Gasteiger partial charge is 0.444 e. The predicted molar refractivity (Wildman–Crippen MR) is 188 cm³/mol. The zero-order chi connectivity index (χ0) is 48.1. The van der Waals surface area contributed by atoms with Crippen molar-refractivity contribution in [1.29, 1.82) is 0 Å². The summed E-state index contributed by atoms with van der Waals surface area (Å²) in [5.41, 5.74) is -0.978. The van der Waals surface area contributed by atoms with E-state index in [0.717, 1.165) is 4.70 Å². The molecule has 0 unspecified atom stereocenters. The van der Waals surface area contributed by atoms with Gasteiger partial charge in [-0.2, -0.15) is 13.2 Å². The number of halogens is 5. The van der Waals surface area contributed by atoms with Crippen molar-refractivity contribution in [2.45, 2.75) is 51.7 Å². The molecule has 2 aliphatic rings. The molecule has 2 aliphatic heterocycles. The molecule has 6 nitrogen and oxygen atoms in total. The summed E-state index contributed by atoms with van der Waals surface area (Å²) in [5, 5.41) is 4.73. The third kappa shape index (κ3) is 11.8. The number of piperazine rings is 1. The van der Waals surface area contributed by atoms with Gasteiger partial charge in [0.15, 0.2) is 0 Å². The number of alkyl halides is 5. The Balaban J connectivity index is 0.000000282. The lowest BCUT2D eigenvalue weighted by molar-refractivity contribution is -0.156. The van der Waals surface area contributed by atoms with Crippen LogP contribution in [0.5, 0.6) is 0 Å². The Morgan fingerprint density at radius 3 is 1.70 bits per heavy atom. The van der Waals surface area contributed by atoms with E-state index in [0.29, 0.717) is 25.3 Å². The van der Waals surface area contributed by atoms with E-state index in [-0.39, 0.29) is 21.6 Å². The lowest BCUT2D eigenvalue weighted by atomic mass is 10.1. The number of carbonyl (C=O) groups excluding carboxylic acids is 2. The van der Waals surface area contributed by atoms with E-state index < -0.39 is 82.3 Å². The number of ether oxygens (including phenoxy) is 1. The van der Waals surface area contributed by atoms with E-state index in [1.165, 1.54) is 55.6 Å². The van der Waals surface area contributed by atoms with Crippen LogP contribution < -0.4 is 9.80 Å². The summed E-state index contributed by atoms with van der Waals surface area (Å²) in [7, 11) is 0. The minimum Gasteiger partial charge on any atom is -0.444 e. The average Bonchev–Trinajstić information content (AvgIpc) is 3.77. The fourth-order valence-electron chi connectivity index (χ4n) is 3.55. The first-order chi connectivity index (χ1) is 27.9. The monoisotopic (exact) mass is 733 g/mol. The molecule has 0 atom stereocenters. The van der Waals surface area contributed by atoms with Crippen molar-refractivity contribution < 1.29 is 49.4 Å². The second-order valence-electron chi connectivity index (χ2n) is 9.67. The summed E-state index contributed by atoms with van der Waals surface area (Å²) in [6, 6.07) is 13.0. The molecule has 0 radical (unpaired) electrons. The molecule has 6 rings (SSSR count). The maximum absolute atomic E-state index is 12.7. The summed E-state index contributed by atoms with van der Waals surface area (Å²) in [6.07, 6.45) is -13.1. The van der Waals surface area contributed by atoms with Crippen LogP contribution in [0.4, 0.5) is 29.3 Å². The second-order valence-corrected chi connectivity index (χ2v) is 12.4. The fourth-order valence-corrected chi connectivity index (χ4v) is 5.17. The molecule has 0 N–H and O–H groups in total. The Morgan fingerprint density at radius 2 is 1.28 bits per heavy atom. The van der Waals surface area contributed by atoms with Crippen LogP contribution in [0, 0.1) is 0 Å². The Labute approximate surface area is 309 Å². The third-order valence-corrected chi connectivity index (χ3v) is 7.01. The van der Waals surface area contributed by atoms with Crippen LogP contribution in [0.3, 0.4) is 0 Å². The first-order valence-electron chi connectivity index (χ1n) is 21.1. The van der Waals surface area contributed by atoms with Crippen LogP contribution in [-0.2, 0) is 9.53 Å². The number of rotatable bonds is 2. The lowest BCUT2D eigenvalue weighted by Crippen LogP contribution is -2.50. The van der Waals surface area contributed by atoms with Crippen molar-refractivity contribution >= 4 is 89.8 Å². The molecule has 0 saturated carbocycles. The average molecular weight is 735 g/mol. The zero-order valence-electron chi connectivity index (χ0n) is 40.5. The molecule has 2 saturated heterocycles. The minimum atomic E-state index is -4.64. The van der Waals surface area contributed by atoms with Gasteiger partial charge in [0.05, 0.1) is 16.3 Å². The van der Waals surface area contributed by atoms with E-state index in [1.54, 1.807) is 41.1 Å². The van der Waals surface area contributed by atoms with Gasteiger partial charge in [0.2, 0.25) is 6.29 Å². The van der Waals surface area contributed by atoms with Crippen LogP contribution in [0.2, 0.25) is 0 Å². The quantitative estimate of drug-likeness (QED) is 0.152. The first kappa shape index (κ1) is 20.6. The van der Waals surface area contributed by atoms with E-state index >= 15 is 0 Å². The number of hydrogen-bond acceptors (Lipinski definition) is 7. The topological polar surface area (TPSA) is 53.1 Å². The number of thiophene rings is 2. The summed E-state index contributed by atoms with van der Waals surface area (Å²) in [5.74, 6) is 0. The number of fused-ring (bicyclic) bond motifs is 2. The molecule has 13 heteroatoms. The van der Waals surface area contributed by atoms with Crippen LogP contribution in [0.25, 0.3) is 20.2 Å². The van der Waals surface area contributed by atoms with Crippen molar-refractivity contribution in [3.05, 3.63) is 59.3 Å². The molecule has 4 heterocycles. The molecular formula is C33H40Cl2F3N3O3S2. The van der Waals surface area contributed by atoms with Crippen LogP contribution in [0.15, 0.2) is 59.3 Å². The number of amides is 1. The number of anilines is 2. The van der Waals surface area contributed by atoms with Gasteiger partial charge >= 0.3 is 12.3 Å². The molecule has 0 aliphatic carbocycles. The maximum atomic E-state index is 12.7. The molecule has 252 valence electrons. The second kappa shape index (κ2) is 18.0. The minimum absolute atomic E-state index is 0.0136. The Bertz CT molecular complexity index is 2170. The highest BCUT2D eigenvalue weighted by Gasteiger charge is 2.27. The number of hydrogen-bond donors (Lipinski definition) is 0. The Kier molecular flexibility index (Phi) is 8.05. The normalized spacial score (nSPS) is 29.1. The summed E-state index contributed by atoms with van der Waals surface area (Å²) < 4.78 is 170. The van der Waals surface area contributed by atoms with Gasteiger partial charge in [-0.1, -0.05) is 12.1 Å². The van der Waals surface area contributed by atoms with E-state index in [4.69, 9.17) is 54.7 Å². The highest BCUT2D eigenvalue weighted by molar-refractivity contribution is 7.17. The van der Waals surface area contributed by atoms with E-state index in [9.17, 15) is 18.0 Å². The van der Waals surface area contributed by atoms with Gasteiger partial charge in [-0.15, -0.1) is 45.9 Å². The number of piperidine rings is 1. The first-order valence-corrected chi connectivity index (χ1v) is 15.9. The Hall–Kier alpha value is -2.73. The van der Waals surface area contributed by atoms with Crippen molar-refractivity contribution in [3.8, 4) is 0 Å². The van der Waals surface area contributed by atoms with Gasteiger partial charge in [0.1, 0.15) is 5.60 Å². The molecular weight excluding hydrogens is 678 g/mol. The van der Waals surface area contributed by atoms with Crippen molar-refractivity contribution in [1.82, 2.24) is 4.90 Å². The molecule has 2 aromatic carbocycles. The van der Waals surface area contributed by atoms with Gasteiger partial charge in [-0.05, 0) is 87.1 Å². The fraction of sp³-hybridized carbons (Fsp3) is 0.455. The van der Waals surface area contributed by atoms with Crippen molar-refractivity contribution in [3.63, 3.8) is 0 Å². The van der Waals surface area contributed by atoms with Gasteiger partial charge in [0, 0.05) is 81.5 Å². The summed E-state index contributed by atoms with van der Waals surface area (Å²) >= 11 is 12.3. The third-order valence-electron chi connectivity index (χ3n) is 5.24. The van der Waals surface area contributed by atoms with Crippen molar-refractivity contribution in [2.24, 2.45) is 0 Å². The number of aldehydes is 1. The van der Waals surface area contributed by atoms with Crippen LogP contribution in [0.1, 0.15) is 61.9 Å². The molecule has 1 amide bonds. The largest absolute Gasteiger partial charge is 0.446 e. The summed E-state index contributed by atoms with van der Waals surface area (Å²) in [6.45, 7) is -13.8. The van der Waals surface area contributed by atoms with Gasteiger partial charge in [0.25, 0.3) is 0 Å². The predicted octanol–water partition coefficient (Wildman–Crippen LogP) is 10.0. The van der Waals surface area contributed by atoms with Gasteiger partial charge in [-0.25, -0.2) is 4.79 Å². The van der Waals surface area contributed by atoms with Gasteiger partial charge in [-0.3, -0.25) is 4.79 Å². The van der Waals surface area contributed by atoms with Gasteiger partial charge < -0.3 is 19.4 Å². The molecule has 4 aromatic rings. The SMILES string of the molecule is ClCCl.O=CC(F)(F)F.[2H]C1([2H])CC([2H])([2H])C([2H])([2H])N(c2cccc3sccc23)C1([2H])[2H].[2H]C1([2H])N(C(=O)OC(C)(C)C)C([2H])([2H])C([2H])([2H])N(c2cccc3sccc23)C1([2H])[2H]. The molecule has 2 fully saturated rings. The standard InChI is InChI=1S/C17H22N2O2S.C13H15NS.C2HF3O.CH2Cl2/c1-17(2,3)21-16(20)19-10-8-18(9-11-19)14-5-4-6-15-13(14)7-12-22-15;1-2-8-14(9-3-1)12-5-4-6-13-11(12)7-10-15-13;3-2(4,5)1-6;2-1-3/h4-7,12H,8-11H2,1-3H3;4-7,10H,1-3,8-9H2;1H;1H2/i8D2,9D2,10D2,11D2;2D2,3D2,8D2,9D2;;.